The number of nitrogens with one attached hydrogen (secondary N) is 6. The summed E-state index contributed by atoms with van der Waals surface area (Å²) in [6, 6.07) is -9.75. The van der Waals surface area contributed by atoms with Gasteiger partial charge in [-0.3, -0.25) is 33.6 Å². The Morgan fingerprint density at radius 1 is 0.692 bits per heavy atom. The van der Waals surface area contributed by atoms with Crippen LogP contribution >= 0.6 is 11.8 Å². The maximum absolute atomic E-state index is 13.2. The molecule has 0 saturated heterocycles. The van der Waals surface area contributed by atoms with Crippen LogP contribution in [0.5, 0.6) is 0 Å². The van der Waals surface area contributed by atoms with Gasteiger partial charge in [0.1, 0.15) is 36.3 Å². The monoisotopic (exact) mass is 763 g/mol. The SMILES string of the molecule is CSCC[C@H](N)C(=O)N[C@@H](CC(C)C)C(=O)N[C@@H](CC(N)=O)C(=O)N[C@@H](C)C(=O)N[C@H](C(=O)N[C@@H](CO)C(=O)N[C@@H](CCCCN)C(=O)O)[C@@H](C)O. The summed E-state index contributed by atoms with van der Waals surface area (Å²) >= 11 is 1.49. The highest BCUT2D eigenvalue weighted by Gasteiger charge is 2.34. The van der Waals surface area contributed by atoms with Crippen molar-refractivity contribution in [1.82, 2.24) is 31.9 Å². The predicted molar refractivity (Wildman–Crippen MR) is 191 cm³/mol. The summed E-state index contributed by atoms with van der Waals surface area (Å²) in [5.74, 6) is -7.39. The third-order valence-electron chi connectivity index (χ3n) is 7.54. The predicted octanol–water partition coefficient (Wildman–Crippen LogP) is -4.50. The van der Waals surface area contributed by atoms with Gasteiger partial charge in [-0.15, -0.1) is 0 Å². The van der Waals surface area contributed by atoms with Crippen LogP contribution in [0.4, 0.5) is 0 Å². The number of unbranched alkanes of at least 4 members (excludes halogenated alkanes) is 1. The molecule has 52 heavy (non-hydrogen) atoms. The van der Waals surface area contributed by atoms with E-state index < -0.39 is 109 Å². The van der Waals surface area contributed by atoms with Gasteiger partial charge in [0.25, 0.3) is 0 Å². The van der Waals surface area contributed by atoms with E-state index in [1.54, 1.807) is 13.8 Å². The van der Waals surface area contributed by atoms with Crippen LogP contribution in [0.3, 0.4) is 0 Å². The summed E-state index contributed by atoms with van der Waals surface area (Å²) in [6.07, 6.45) is 1.03. The highest BCUT2D eigenvalue weighted by molar-refractivity contribution is 7.98. The van der Waals surface area contributed by atoms with Crippen LogP contribution in [-0.4, -0.2) is 136 Å². The number of thioether (sulfide) groups is 1. The molecule has 20 nitrogen and oxygen atoms in total. The Labute approximate surface area is 307 Å². The molecular weight excluding hydrogens is 706 g/mol. The van der Waals surface area contributed by atoms with Gasteiger partial charge in [0, 0.05) is 0 Å². The average molecular weight is 764 g/mol. The van der Waals surface area contributed by atoms with E-state index in [1.165, 1.54) is 18.7 Å². The minimum absolute atomic E-state index is 0.0343. The first kappa shape index (κ1) is 48.0. The van der Waals surface area contributed by atoms with Crippen LogP contribution in [-0.2, 0) is 38.4 Å². The Balaban J connectivity index is 5.71. The molecule has 8 atom stereocenters. The topological polar surface area (TPSA) is 347 Å². The lowest BCUT2D eigenvalue weighted by Crippen LogP contribution is -2.61. The van der Waals surface area contributed by atoms with E-state index >= 15 is 0 Å². The summed E-state index contributed by atoms with van der Waals surface area (Å²) in [4.78, 5) is 101. The smallest absolute Gasteiger partial charge is 0.326 e. The first-order chi connectivity index (χ1) is 24.3. The van der Waals surface area contributed by atoms with E-state index in [1.807, 2.05) is 6.26 Å². The number of rotatable bonds is 26. The standard InChI is InChI=1S/C31H57N9O11S/c1-15(2)12-20(37-26(45)18(33)9-11-52-5)28(47)38-21(13-23(34)43)27(46)35-16(3)25(44)40-24(17(4)42)30(49)39-22(14-41)29(48)36-19(31(50)51)8-6-7-10-32/h15-22,24,41-42H,6-14,32-33H2,1-5H3,(H2,34,43)(H,35,46)(H,36,48)(H,37,45)(H,38,47)(H,39,49)(H,40,44)(H,50,51)/t16-,17+,18-,19-,20-,21-,22-,24-/m0/s1. The van der Waals surface area contributed by atoms with Gasteiger partial charge in [0.2, 0.25) is 41.4 Å². The van der Waals surface area contributed by atoms with E-state index in [9.17, 15) is 53.7 Å². The third-order valence-corrected chi connectivity index (χ3v) is 8.18. The summed E-state index contributed by atoms with van der Waals surface area (Å²) < 4.78 is 0. The molecule has 15 N–H and O–H groups in total. The van der Waals surface area contributed by atoms with Crippen molar-refractivity contribution >= 4 is 59.1 Å². The molecule has 7 amide bonds. The van der Waals surface area contributed by atoms with E-state index in [0.717, 1.165) is 6.92 Å². The molecule has 0 aromatic rings. The zero-order chi connectivity index (χ0) is 40.1. The number of aliphatic carboxylic acids is 1. The number of primary amides is 1. The van der Waals surface area contributed by atoms with Crippen LogP contribution in [0.25, 0.3) is 0 Å². The molecule has 0 bridgehead atoms. The lowest BCUT2D eigenvalue weighted by atomic mass is 10.0. The van der Waals surface area contributed by atoms with Gasteiger partial charge in [-0.2, -0.15) is 11.8 Å². The second-order valence-electron chi connectivity index (χ2n) is 12.7. The Bertz CT molecular complexity index is 1220. The number of hydrogen-bond acceptors (Lipinski definition) is 13. The van der Waals surface area contributed by atoms with Crippen molar-refractivity contribution in [2.45, 2.75) is 115 Å². The van der Waals surface area contributed by atoms with Crippen molar-refractivity contribution in [3.8, 4) is 0 Å². The van der Waals surface area contributed by atoms with Crippen LogP contribution in [0.1, 0.15) is 66.2 Å². The lowest BCUT2D eigenvalue weighted by Gasteiger charge is -2.27. The molecule has 0 fully saturated rings. The van der Waals surface area contributed by atoms with Crippen molar-refractivity contribution in [1.29, 1.82) is 0 Å². The molecule has 0 rings (SSSR count). The Hall–Kier alpha value is -4.05. The summed E-state index contributed by atoms with van der Waals surface area (Å²) in [5.41, 5.74) is 16.6. The van der Waals surface area contributed by atoms with Gasteiger partial charge in [0.15, 0.2) is 0 Å². The highest BCUT2D eigenvalue weighted by atomic mass is 32.2. The van der Waals surface area contributed by atoms with E-state index in [2.05, 4.69) is 31.9 Å². The van der Waals surface area contributed by atoms with E-state index in [-0.39, 0.29) is 18.8 Å². The number of amides is 7. The number of aliphatic hydroxyl groups is 2. The average Bonchev–Trinajstić information content (AvgIpc) is 3.06. The molecule has 298 valence electrons. The molecule has 0 aromatic heterocycles. The summed E-state index contributed by atoms with van der Waals surface area (Å²) in [7, 11) is 0. The van der Waals surface area contributed by atoms with Crippen molar-refractivity contribution in [2.75, 3.05) is 25.2 Å². The van der Waals surface area contributed by atoms with Gasteiger partial charge in [-0.05, 0) is 70.4 Å². The number of aliphatic hydroxyl groups excluding tert-OH is 2. The maximum Gasteiger partial charge on any atom is 0.326 e. The molecule has 0 spiro atoms. The normalized spacial score (nSPS) is 15.7. The molecule has 0 aliphatic carbocycles. The van der Waals surface area contributed by atoms with Gasteiger partial charge in [0.05, 0.1) is 25.2 Å². The molecule has 0 aromatic carbocycles. The molecule has 0 aliphatic rings. The fourth-order valence-electron chi connectivity index (χ4n) is 4.58. The lowest BCUT2D eigenvalue weighted by molar-refractivity contribution is -0.143. The second-order valence-corrected chi connectivity index (χ2v) is 13.7. The van der Waals surface area contributed by atoms with Gasteiger partial charge >= 0.3 is 5.97 Å². The number of carboxylic acids is 1. The second kappa shape index (κ2) is 25.0. The van der Waals surface area contributed by atoms with Crippen LogP contribution in [0.15, 0.2) is 0 Å². The van der Waals surface area contributed by atoms with Gasteiger partial charge in [-0.25, -0.2) is 4.79 Å². The number of hydrogen-bond donors (Lipinski definition) is 12. The zero-order valence-electron chi connectivity index (χ0n) is 30.3. The van der Waals surface area contributed by atoms with Crippen molar-refractivity contribution in [3.05, 3.63) is 0 Å². The number of carbonyl (C=O) groups excluding carboxylic acids is 7. The highest BCUT2D eigenvalue weighted by Crippen LogP contribution is 2.08. The van der Waals surface area contributed by atoms with E-state index in [4.69, 9.17) is 17.2 Å². The Morgan fingerprint density at radius 3 is 1.73 bits per heavy atom. The fourth-order valence-corrected chi connectivity index (χ4v) is 5.07. The molecule has 0 saturated carbocycles. The number of carboxylic acid groups (broad SMARTS) is 1. The van der Waals surface area contributed by atoms with Crippen LogP contribution in [0, 0.1) is 5.92 Å². The Kier molecular flexibility index (Phi) is 23.1. The zero-order valence-corrected chi connectivity index (χ0v) is 31.1. The number of nitrogens with two attached hydrogens (primary N) is 3. The third kappa shape index (κ3) is 18.4. The molecule has 21 heteroatoms. The summed E-state index contributed by atoms with van der Waals surface area (Å²) in [5, 5.41) is 43.2. The van der Waals surface area contributed by atoms with Gasteiger partial charge in [-0.1, -0.05) is 13.8 Å². The quantitative estimate of drug-likeness (QED) is 0.0370. The minimum atomic E-state index is -1.72. The largest absolute Gasteiger partial charge is 0.480 e. The molecular formula is C31H57N9O11S. The fraction of sp³-hybridized carbons (Fsp3) is 0.742. The van der Waals surface area contributed by atoms with Crippen molar-refractivity contribution < 1.29 is 53.7 Å². The van der Waals surface area contributed by atoms with Gasteiger partial charge < -0.3 is 64.4 Å². The molecule has 0 unspecified atom stereocenters. The van der Waals surface area contributed by atoms with Crippen LogP contribution < -0.4 is 49.1 Å². The van der Waals surface area contributed by atoms with E-state index in [0.29, 0.717) is 31.6 Å². The molecule has 0 radical (unpaired) electrons. The first-order valence-corrected chi connectivity index (χ1v) is 18.3. The molecule has 0 heterocycles. The van der Waals surface area contributed by atoms with Crippen molar-refractivity contribution in [2.24, 2.45) is 23.1 Å². The maximum atomic E-state index is 13.2. The van der Waals surface area contributed by atoms with Crippen LogP contribution in [0.2, 0.25) is 0 Å². The first-order valence-electron chi connectivity index (χ1n) is 16.9. The number of carbonyl (C=O) groups is 8. The Morgan fingerprint density at radius 2 is 1.23 bits per heavy atom. The van der Waals surface area contributed by atoms with Crippen molar-refractivity contribution in [3.63, 3.8) is 0 Å². The molecule has 0 aliphatic heterocycles. The summed E-state index contributed by atoms with van der Waals surface area (Å²) in [6.45, 7) is 5.29. The minimum Gasteiger partial charge on any atom is -0.480 e.